The Labute approximate surface area is 141 Å². The van der Waals surface area contributed by atoms with Crippen molar-refractivity contribution in [2.24, 2.45) is 0 Å². The lowest BCUT2D eigenvalue weighted by Gasteiger charge is -2.35. The number of nitrogens with zero attached hydrogens (tertiary/aromatic N) is 4. The van der Waals surface area contributed by atoms with Crippen molar-refractivity contribution in [3.8, 4) is 0 Å². The molecule has 3 N–H and O–H groups in total. The summed E-state index contributed by atoms with van der Waals surface area (Å²) in [6.07, 6.45) is 3.85. The molecular formula is C17H22N6O. The van der Waals surface area contributed by atoms with Crippen molar-refractivity contribution < 1.29 is 4.79 Å². The third-order valence-electron chi connectivity index (χ3n) is 4.07. The van der Waals surface area contributed by atoms with Gasteiger partial charge in [0.1, 0.15) is 11.6 Å². The summed E-state index contributed by atoms with van der Waals surface area (Å²) in [6.45, 7) is 4.49. The molecule has 0 spiro atoms. The molecule has 126 valence electrons. The number of carbonyl (C=O) groups excluding carboxylic acids is 1. The van der Waals surface area contributed by atoms with E-state index in [4.69, 9.17) is 5.73 Å². The summed E-state index contributed by atoms with van der Waals surface area (Å²) in [7, 11) is 0. The first kappa shape index (κ1) is 16.2. The number of hydrogen-bond donors (Lipinski definition) is 2. The van der Waals surface area contributed by atoms with E-state index in [0.717, 1.165) is 38.5 Å². The Morgan fingerprint density at radius 1 is 1.12 bits per heavy atom. The van der Waals surface area contributed by atoms with Crippen LogP contribution in [-0.4, -0.2) is 53.5 Å². The van der Waals surface area contributed by atoms with Crippen LogP contribution in [0.4, 0.5) is 17.3 Å². The third kappa shape index (κ3) is 4.42. The normalized spacial score (nSPS) is 15.2. The van der Waals surface area contributed by atoms with Crippen molar-refractivity contribution in [3.05, 3.63) is 42.7 Å². The van der Waals surface area contributed by atoms with Crippen LogP contribution in [0.5, 0.6) is 0 Å². The van der Waals surface area contributed by atoms with E-state index in [2.05, 4.69) is 25.1 Å². The molecule has 0 unspecified atom stereocenters. The number of carbonyl (C=O) groups is 1. The van der Waals surface area contributed by atoms with Crippen molar-refractivity contribution in [2.45, 2.75) is 6.42 Å². The number of hydrogen-bond acceptors (Lipinski definition) is 6. The molecule has 2 aromatic rings. The standard InChI is InChI=1S/C17H22N6O/c18-15-5-4-14(13-20-15)21-17(24)6-8-22-9-11-23(12-10-22)16-3-1-2-7-19-16/h1-5,7,13H,6,8-12H2,(H2,18,20)(H,21,24). The zero-order valence-electron chi connectivity index (χ0n) is 13.6. The Morgan fingerprint density at radius 2 is 1.96 bits per heavy atom. The number of nitrogens with one attached hydrogen (secondary N) is 1. The van der Waals surface area contributed by atoms with Crippen molar-refractivity contribution in [1.82, 2.24) is 14.9 Å². The minimum atomic E-state index is -0.00581. The van der Waals surface area contributed by atoms with Gasteiger partial charge in [0.15, 0.2) is 0 Å². The Kier molecular flexibility index (Phi) is 5.22. The van der Waals surface area contributed by atoms with E-state index in [0.29, 0.717) is 17.9 Å². The molecule has 0 atom stereocenters. The van der Waals surface area contributed by atoms with Crippen LogP contribution in [0, 0.1) is 0 Å². The predicted molar refractivity (Wildman–Crippen MR) is 94.8 cm³/mol. The number of anilines is 3. The Morgan fingerprint density at radius 3 is 2.62 bits per heavy atom. The Balaban J connectivity index is 1.40. The van der Waals surface area contributed by atoms with Gasteiger partial charge in [0.25, 0.3) is 0 Å². The topological polar surface area (TPSA) is 87.4 Å². The maximum Gasteiger partial charge on any atom is 0.225 e. The molecule has 7 nitrogen and oxygen atoms in total. The maximum atomic E-state index is 12.0. The first-order valence-corrected chi connectivity index (χ1v) is 8.10. The molecule has 0 aliphatic carbocycles. The molecule has 1 aliphatic rings. The van der Waals surface area contributed by atoms with Gasteiger partial charge in [-0.3, -0.25) is 9.69 Å². The van der Waals surface area contributed by atoms with E-state index in [1.165, 1.54) is 0 Å². The first-order chi connectivity index (χ1) is 11.7. The molecule has 1 aliphatic heterocycles. The zero-order valence-corrected chi connectivity index (χ0v) is 13.6. The Bertz CT molecular complexity index is 653. The van der Waals surface area contributed by atoms with Crippen LogP contribution in [0.15, 0.2) is 42.7 Å². The molecule has 1 fully saturated rings. The second-order valence-corrected chi connectivity index (χ2v) is 5.79. The quantitative estimate of drug-likeness (QED) is 0.859. The lowest BCUT2D eigenvalue weighted by Crippen LogP contribution is -2.47. The van der Waals surface area contributed by atoms with E-state index in [1.54, 1.807) is 18.3 Å². The minimum absolute atomic E-state index is 0.00581. The van der Waals surface area contributed by atoms with Gasteiger partial charge in [-0.1, -0.05) is 6.07 Å². The highest BCUT2D eigenvalue weighted by atomic mass is 16.1. The van der Waals surface area contributed by atoms with Crippen LogP contribution in [0.1, 0.15) is 6.42 Å². The molecule has 3 heterocycles. The van der Waals surface area contributed by atoms with Crippen molar-refractivity contribution in [1.29, 1.82) is 0 Å². The number of rotatable bonds is 5. The van der Waals surface area contributed by atoms with Gasteiger partial charge in [0, 0.05) is 45.3 Å². The molecule has 1 amide bonds. The van der Waals surface area contributed by atoms with Crippen molar-refractivity contribution in [2.75, 3.05) is 48.7 Å². The number of amides is 1. The number of nitrogens with two attached hydrogens (primary N) is 1. The predicted octanol–water partition coefficient (Wildman–Crippen LogP) is 1.21. The molecule has 1 saturated heterocycles. The zero-order chi connectivity index (χ0) is 16.8. The molecule has 0 saturated carbocycles. The van der Waals surface area contributed by atoms with Gasteiger partial charge in [0.2, 0.25) is 5.91 Å². The molecule has 0 bridgehead atoms. The average molecular weight is 326 g/mol. The fourth-order valence-electron chi connectivity index (χ4n) is 2.70. The molecule has 0 aromatic carbocycles. The summed E-state index contributed by atoms with van der Waals surface area (Å²) in [5.74, 6) is 1.46. The van der Waals surface area contributed by atoms with Crippen molar-refractivity contribution in [3.63, 3.8) is 0 Å². The Hall–Kier alpha value is -2.67. The van der Waals surface area contributed by atoms with Crippen LogP contribution >= 0.6 is 0 Å². The van der Waals surface area contributed by atoms with Gasteiger partial charge < -0.3 is 16.0 Å². The highest BCUT2D eigenvalue weighted by Crippen LogP contribution is 2.13. The molecule has 2 aromatic heterocycles. The van der Waals surface area contributed by atoms with Crippen LogP contribution in [0.2, 0.25) is 0 Å². The summed E-state index contributed by atoms with van der Waals surface area (Å²) < 4.78 is 0. The fraction of sp³-hybridized carbons (Fsp3) is 0.353. The summed E-state index contributed by atoms with van der Waals surface area (Å²) in [5, 5.41) is 2.84. The van der Waals surface area contributed by atoms with Gasteiger partial charge in [-0.25, -0.2) is 9.97 Å². The van der Waals surface area contributed by atoms with Crippen LogP contribution in [0.3, 0.4) is 0 Å². The maximum absolute atomic E-state index is 12.0. The third-order valence-corrected chi connectivity index (χ3v) is 4.07. The number of nitrogen functional groups attached to an aromatic ring is 1. The second-order valence-electron chi connectivity index (χ2n) is 5.79. The SMILES string of the molecule is Nc1ccc(NC(=O)CCN2CCN(c3ccccn3)CC2)cn1. The largest absolute Gasteiger partial charge is 0.384 e. The second kappa shape index (κ2) is 7.74. The van der Waals surface area contributed by atoms with Gasteiger partial charge in [0.05, 0.1) is 11.9 Å². The van der Waals surface area contributed by atoms with Crippen LogP contribution in [-0.2, 0) is 4.79 Å². The lowest BCUT2D eigenvalue weighted by atomic mass is 10.2. The minimum Gasteiger partial charge on any atom is -0.384 e. The first-order valence-electron chi connectivity index (χ1n) is 8.10. The van der Waals surface area contributed by atoms with Gasteiger partial charge >= 0.3 is 0 Å². The summed E-state index contributed by atoms with van der Waals surface area (Å²) in [5.41, 5.74) is 6.20. The lowest BCUT2D eigenvalue weighted by molar-refractivity contribution is -0.116. The van der Waals surface area contributed by atoms with Crippen molar-refractivity contribution >= 4 is 23.2 Å². The number of aromatic nitrogens is 2. The van der Waals surface area contributed by atoms with Gasteiger partial charge in [-0.2, -0.15) is 0 Å². The van der Waals surface area contributed by atoms with E-state index < -0.39 is 0 Å². The summed E-state index contributed by atoms with van der Waals surface area (Å²) in [4.78, 5) is 24.9. The monoisotopic (exact) mass is 326 g/mol. The molecule has 3 rings (SSSR count). The molecule has 7 heteroatoms. The van der Waals surface area contributed by atoms with E-state index >= 15 is 0 Å². The number of piperazine rings is 1. The van der Waals surface area contributed by atoms with Crippen LogP contribution < -0.4 is 16.0 Å². The summed E-state index contributed by atoms with van der Waals surface area (Å²) >= 11 is 0. The number of pyridine rings is 2. The van der Waals surface area contributed by atoms with Gasteiger partial charge in [-0.15, -0.1) is 0 Å². The smallest absolute Gasteiger partial charge is 0.225 e. The van der Waals surface area contributed by atoms with Gasteiger partial charge in [-0.05, 0) is 24.3 Å². The van der Waals surface area contributed by atoms with E-state index in [1.807, 2.05) is 24.4 Å². The highest BCUT2D eigenvalue weighted by Gasteiger charge is 2.18. The van der Waals surface area contributed by atoms with E-state index in [-0.39, 0.29) is 5.91 Å². The molecular weight excluding hydrogens is 304 g/mol. The summed E-state index contributed by atoms with van der Waals surface area (Å²) in [6, 6.07) is 9.39. The van der Waals surface area contributed by atoms with Crippen LogP contribution in [0.25, 0.3) is 0 Å². The fourth-order valence-corrected chi connectivity index (χ4v) is 2.70. The molecule has 0 radical (unpaired) electrons. The van der Waals surface area contributed by atoms with E-state index in [9.17, 15) is 4.79 Å². The highest BCUT2D eigenvalue weighted by molar-refractivity contribution is 5.90. The average Bonchev–Trinajstić information content (AvgIpc) is 2.63. The molecule has 24 heavy (non-hydrogen) atoms.